The summed E-state index contributed by atoms with van der Waals surface area (Å²) in [6.07, 6.45) is 0.835. The number of hydrogen-bond donors (Lipinski definition) is 2. The van der Waals surface area contributed by atoms with Gasteiger partial charge in [0.15, 0.2) is 0 Å². The number of amides is 1. The van der Waals surface area contributed by atoms with Crippen molar-refractivity contribution in [2.75, 3.05) is 11.4 Å². The number of aliphatic hydroxyl groups excluding tert-OH is 1. The van der Waals surface area contributed by atoms with E-state index in [9.17, 15) is 4.79 Å². The zero-order valence-electron chi connectivity index (χ0n) is 9.31. The Morgan fingerprint density at radius 2 is 2.38 bits per heavy atom. The minimum absolute atomic E-state index is 0.0362. The molecule has 0 unspecified atom stereocenters. The van der Waals surface area contributed by atoms with Crippen LogP contribution in [0.4, 0.5) is 5.69 Å². The van der Waals surface area contributed by atoms with Crippen LogP contribution in [0.1, 0.15) is 18.1 Å². The summed E-state index contributed by atoms with van der Waals surface area (Å²) >= 11 is 0. The molecule has 4 nitrogen and oxygen atoms in total. The van der Waals surface area contributed by atoms with Crippen LogP contribution in [0.2, 0.25) is 0 Å². The van der Waals surface area contributed by atoms with Gasteiger partial charge in [0.25, 0.3) is 0 Å². The largest absolute Gasteiger partial charge is 0.392 e. The molecular formula is C12H16N2O2. The lowest BCUT2D eigenvalue weighted by molar-refractivity contribution is -0.119. The van der Waals surface area contributed by atoms with Crippen molar-refractivity contribution in [1.82, 2.24) is 0 Å². The Morgan fingerprint density at radius 3 is 3.00 bits per heavy atom. The maximum atomic E-state index is 11.8. The summed E-state index contributed by atoms with van der Waals surface area (Å²) in [5, 5.41) is 9.03. The second-order valence-electron chi connectivity index (χ2n) is 4.15. The van der Waals surface area contributed by atoms with Gasteiger partial charge >= 0.3 is 0 Å². The van der Waals surface area contributed by atoms with Crippen LogP contribution >= 0.6 is 0 Å². The lowest BCUT2D eigenvalue weighted by Gasteiger charge is -2.19. The number of rotatable bonds is 2. The van der Waals surface area contributed by atoms with Crippen LogP contribution in [0.25, 0.3) is 0 Å². The summed E-state index contributed by atoms with van der Waals surface area (Å²) in [6, 6.07) is 5.20. The number of aliphatic hydroxyl groups is 1. The summed E-state index contributed by atoms with van der Waals surface area (Å²) in [4.78, 5) is 13.5. The van der Waals surface area contributed by atoms with Crippen LogP contribution < -0.4 is 10.6 Å². The molecule has 0 aromatic heterocycles. The SMILES string of the molecule is C[C@@H](N)C(=O)N1CCc2cc(CO)ccc21. The third kappa shape index (κ3) is 1.81. The molecule has 1 heterocycles. The predicted molar refractivity (Wildman–Crippen MR) is 62.1 cm³/mol. The van der Waals surface area contributed by atoms with Crippen molar-refractivity contribution in [2.45, 2.75) is 26.0 Å². The number of benzene rings is 1. The van der Waals surface area contributed by atoms with E-state index in [0.717, 1.165) is 23.2 Å². The summed E-state index contributed by atoms with van der Waals surface area (Å²) in [5.41, 5.74) is 8.52. The van der Waals surface area contributed by atoms with E-state index in [2.05, 4.69) is 0 Å². The fourth-order valence-corrected chi connectivity index (χ4v) is 2.03. The molecule has 2 rings (SSSR count). The average Bonchev–Trinajstić information content (AvgIpc) is 2.70. The van der Waals surface area contributed by atoms with Crippen molar-refractivity contribution in [1.29, 1.82) is 0 Å². The highest BCUT2D eigenvalue weighted by molar-refractivity contribution is 5.98. The fourth-order valence-electron chi connectivity index (χ4n) is 2.03. The average molecular weight is 220 g/mol. The Balaban J connectivity index is 2.30. The number of carbonyl (C=O) groups is 1. The Bertz CT molecular complexity index is 415. The number of anilines is 1. The number of hydrogen-bond acceptors (Lipinski definition) is 3. The molecule has 3 N–H and O–H groups in total. The van der Waals surface area contributed by atoms with E-state index < -0.39 is 6.04 Å². The molecule has 0 spiro atoms. The van der Waals surface area contributed by atoms with Crippen LogP contribution in [0.15, 0.2) is 18.2 Å². The van der Waals surface area contributed by atoms with E-state index in [1.165, 1.54) is 0 Å². The number of fused-ring (bicyclic) bond motifs is 1. The fraction of sp³-hybridized carbons (Fsp3) is 0.417. The molecule has 1 aliphatic heterocycles. The first-order chi connectivity index (χ1) is 7.63. The molecule has 1 amide bonds. The molecular weight excluding hydrogens is 204 g/mol. The molecule has 0 aliphatic carbocycles. The lowest BCUT2D eigenvalue weighted by Crippen LogP contribution is -2.41. The van der Waals surface area contributed by atoms with E-state index >= 15 is 0 Å². The standard InChI is InChI=1S/C12H16N2O2/c1-8(13)12(16)14-5-4-10-6-9(7-15)2-3-11(10)14/h2-3,6,8,15H,4-5,7,13H2,1H3/t8-/m1/s1. The molecule has 0 radical (unpaired) electrons. The second kappa shape index (κ2) is 4.23. The van der Waals surface area contributed by atoms with Crippen molar-refractivity contribution in [3.8, 4) is 0 Å². The molecule has 16 heavy (non-hydrogen) atoms. The second-order valence-corrected chi connectivity index (χ2v) is 4.15. The minimum Gasteiger partial charge on any atom is -0.392 e. The Morgan fingerprint density at radius 1 is 1.62 bits per heavy atom. The van der Waals surface area contributed by atoms with Crippen molar-refractivity contribution in [3.05, 3.63) is 29.3 Å². The van der Waals surface area contributed by atoms with Gasteiger partial charge in [-0.15, -0.1) is 0 Å². The maximum Gasteiger partial charge on any atom is 0.243 e. The zero-order chi connectivity index (χ0) is 11.7. The third-order valence-electron chi connectivity index (χ3n) is 2.88. The molecule has 0 fully saturated rings. The number of nitrogens with two attached hydrogens (primary N) is 1. The Kier molecular flexibility index (Phi) is 2.94. The first-order valence-corrected chi connectivity index (χ1v) is 5.43. The highest BCUT2D eigenvalue weighted by atomic mass is 16.3. The van der Waals surface area contributed by atoms with Crippen molar-refractivity contribution < 1.29 is 9.90 Å². The molecule has 1 atom stereocenters. The van der Waals surface area contributed by atoms with Gasteiger partial charge in [0.2, 0.25) is 5.91 Å². The maximum absolute atomic E-state index is 11.8. The van der Waals surface area contributed by atoms with E-state index in [-0.39, 0.29) is 12.5 Å². The molecule has 1 aromatic rings. The minimum atomic E-state index is -0.469. The molecule has 0 saturated carbocycles. The molecule has 1 aromatic carbocycles. The molecule has 0 saturated heterocycles. The Hall–Kier alpha value is -1.39. The smallest absolute Gasteiger partial charge is 0.243 e. The first-order valence-electron chi connectivity index (χ1n) is 5.43. The van der Waals surface area contributed by atoms with Crippen LogP contribution in [-0.2, 0) is 17.8 Å². The molecule has 86 valence electrons. The van der Waals surface area contributed by atoms with Gasteiger partial charge in [-0.3, -0.25) is 4.79 Å². The van der Waals surface area contributed by atoms with Crippen molar-refractivity contribution in [3.63, 3.8) is 0 Å². The van der Waals surface area contributed by atoms with Crippen molar-refractivity contribution in [2.24, 2.45) is 5.73 Å². The summed E-state index contributed by atoms with van der Waals surface area (Å²) in [7, 11) is 0. The van der Waals surface area contributed by atoms with Gasteiger partial charge < -0.3 is 15.7 Å². The van der Waals surface area contributed by atoms with Gasteiger partial charge in [-0.2, -0.15) is 0 Å². The quantitative estimate of drug-likeness (QED) is 0.759. The van der Waals surface area contributed by atoms with Gasteiger partial charge in [-0.25, -0.2) is 0 Å². The number of nitrogens with zero attached hydrogens (tertiary/aromatic N) is 1. The number of carbonyl (C=O) groups excluding carboxylic acids is 1. The zero-order valence-corrected chi connectivity index (χ0v) is 9.31. The predicted octanol–water partition coefficient (Wildman–Crippen LogP) is 0.415. The summed E-state index contributed by atoms with van der Waals surface area (Å²) in [6.45, 7) is 2.42. The van der Waals surface area contributed by atoms with Gasteiger partial charge in [-0.05, 0) is 30.5 Å². The topological polar surface area (TPSA) is 66.6 Å². The van der Waals surface area contributed by atoms with E-state index in [1.807, 2.05) is 18.2 Å². The summed E-state index contributed by atoms with van der Waals surface area (Å²) in [5.74, 6) is -0.0458. The monoisotopic (exact) mass is 220 g/mol. The van der Waals surface area contributed by atoms with Crippen LogP contribution in [0.5, 0.6) is 0 Å². The molecule has 4 heteroatoms. The van der Waals surface area contributed by atoms with Crippen LogP contribution in [-0.4, -0.2) is 23.6 Å². The van der Waals surface area contributed by atoms with Crippen molar-refractivity contribution >= 4 is 11.6 Å². The lowest BCUT2D eigenvalue weighted by atomic mass is 10.1. The van der Waals surface area contributed by atoms with Gasteiger partial charge in [0.1, 0.15) is 0 Å². The first kappa shape index (κ1) is 11.1. The van der Waals surface area contributed by atoms with E-state index in [4.69, 9.17) is 10.8 Å². The third-order valence-corrected chi connectivity index (χ3v) is 2.88. The van der Waals surface area contributed by atoms with Crippen LogP contribution in [0.3, 0.4) is 0 Å². The Labute approximate surface area is 94.7 Å². The highest BCUT2D eigenvalue weighted by Crippen LogP contribution is 2.29. The van der Waals surface area contributed by atoms with Gasteiger partial charge in [-0.1, -0.05) is 12.1 Å². The van der Waals surface area contributed by atoms with Gasteiger partial charge in [0.05, 0.1) is 12.6 Å². The normalized spacial score (nSPS) is 16.1. The summed E-state index contributed by atoms with van der Waals surface area (Å²) < 4.78 is 0. The molecule has 1 aliphatic rings. The van der Waals surface area contributed by atoms with E-state index in [1.54, 1.807) is 11.8 Å². The van der Waals surface area contributed by atoms with E-state index in [0.29, 0.717) is 6.54 Å². The van der Waals surface area contributed by atoms with Gasteiger partial charge in [0, 0.05) is 12.2 Å². The highest BCUT2D eigenvalue weighted by Gasteiger charge is 2.26. The molecule has 0 bridgehead atoms. The van der Waals surface area contributed by atoms with Crippen LogP contribution in [0, 0.1) is 0 Å².